The van der Waals surface area contributed by atoms with Crippen molar-refractivity contribution >= 4 is 23.3 Å². The van der Waals surface area contributed by atoms with Crippen LogP contribution in [0.4, 0.5) is 4.79 Å². The topological polar surface area (TPSA) is 142 Å². The Morgan fingerprint density at radius 2 is 1.34 bits per heavy atom. The highest BCUT2D eigenvalue weighted by Gasteiger charge is 2.24. The molecule has 0 radical (unpaired) electrons. The molecule has 0 fully saturated rings. The van der Waals surface area contributed by atoms with E-state index in [1.807, 2.05) is 30.3 Å². The van der Waals surface area contributed by atoms with E-state index >= 15 is 0 Å². The van der Waals surface area contributed by atoms with Gasteiger partial charge in [-0.25, -0.2) is 17.7 Å². The highest BCUT2D eigenvalue weighted by molar-refractivity contribution is 7.89. The number of amides is 1. The second-order valence-corrected chi connectivity index (χ2v) is 10.4. The molecule has 2 aromatic carbocycles. The minimum Gasteiger partial charge on any atom is -0.457 e. The van der Waals surface area contributed by atoms with Gasteiger partial charge < -0.3 is 19.8 Å². The van der Waals surface area contributed by atoms with Crippen LogP contribution in [0.1, 0.15) is 38.5 Å². The molecule has 11 heteroatoms. The molecular formula is C21H29N2O7PS. The van der Waals surface area contributed by atoms with Crippen LogP contribution >= 0.6 is 7.60 Å². The summed E-state index contributed by atoms with van der Waals surface area (Å²) in [5.74, 6) is 1.23. The van der Waals surface area contributed by atoms with Crippen LogP contribution in [0, 0.1) is 0 Å². The molecule has 32 heavy (non-hydrogen) atoms. The average Bonchev–Trinajstić information content (AvgIpc) is 2.75. The van der Waals surface area contributed by atoms with Gasteiger partial charge in [-0.2, -0.15) is 0 Å². The first-order valence-corrected chi connectivity index (χ1v) is 13.4. The minimum absolute atomic E-state index is 0.176. The molecule has 0 saturated heterocycles. The number of benzene rings is 2. The normalized spacial score (nSPS) is 11.8. The van der Waals surface area contributed by atoms with Crippen molar-refractivity contribution in [3.05, 3.63) is 54.6 Å². The van der Waals surface area contributed by atoms with Crippen LogP contribution in [-0.4, -0.2) is 36.9 Å². The number of carbonyl (C=O) groups is 1. The number of hydrogen-bond acceptors (Lipinski definition) is 5. The van der Waals surface area contributed by atoms with Crippen molar-refractivity contribution in [3.63, 3.8) is 0 Å². The summed E-state index contributed by atoms with van der Waals surface area (Å²) in [4.78, 5) is 28.5. The lowest BCUT2D eigenvalue weighted by Crippen LogP contribution is -2.24. The molecular weight excluding hydrogens is 455 g/mol. The summed E-state index contributed by atoms with van der Waals surface area (Å²) in [6, 6.07) is 15.5. The molecule has 0 aliphatic rings. The maximum Gasteiger partial charge on any atom is 0.413 e. The van der Waals surface area contributed by atoms with Gasteiger partial charge in [-0.1, -0.05) is 43.9 Å². The molecule has 0 saturated carbocycles. The molecule has 0 aliphatic carbocycles. The third-order valence-corrected chi connectivity index (χ3v) is 6.71. The van der Waals surface area contributed by atoms with Gasteiger partial charge in [0.15, 0.2) is 0 Å². The van der Waals surface area contributed by atoms with Gasteiger partial charge >= 0.3 is 13.2 Å². The van der Waals surface area contributed by atoms with Gasteiger partial charge in [0.25, 0.3) is 0 Å². The number of carbonyl (C=O) groups excluding carboxylic acids is 1. The fourth-order valence-corrected chi connectivity index (χ4v) is 4.25. The zero-order valence-electron chi connectivity index (χ0n) is 17.6. The minimum atomic E-state index is -4.70. The van der Waals surface area contributed by atoms with Crippen molar-refractivity contribution in [1.29, 1.82) is 0 Å². The van der Waals surface area contributed by atoms with Crippen LogP contribution in [0.15, 0.2) is 59.5 Å². The zero-order chi connectivity index (χ0) is 23.5. The van der Waals surface area contributed by atoms with Crippen molar-refractivity contribution in [2.75, 3.05) is 13.1 Å². The monoisotopic (exact) mass is 484 g/mol. The number of ether oxygens (including phenoxy) is 1. The van der Waals surface area contributed by atoms with Gasteiger partial charge in [0, 0.05) is 13.1 Å². The molecule has 0 heterocycles. The Morgan fingerprint density at radius 3 is 1.94 bits per heavy atom. The Labute approximate surface area is 188 Å². The van der Waals surface area contributed by atoms with Crippen LogP contribution < -0.4 is 14.8 Å². The number of hydrogen-bond donors (Lipinski definition) is 4. The SMILES string of the molecule is O=C(NCCCCCCCCNS(=O)(=O)c1ccc(Oc2ccccc2)cc1)P(=O)(O)O. The molecule has 1 amide bonds. The van der Waals surface area contributed by atoms with Gasteiger partial charge in [-0.05, 0) is 49.2 Å². The second-order valence-electron chi connectivity index (χ2n) is 7.18. The predicted molar refractivity (Wildman–Crippen MR) is 121 cm³/mol. The van der Waals surface area contributed by atoms with Crippen LogP contribution in [0.2, 0.25) is 0 Å². The quantitative estimate of drug-likeness (QED) is 0.235. The van der Waals surface area contributed by atoms with Crippen LogP contribution in [0.3, 0.4) is 0 Å². The molecule has 2 rings (SSSR count). The van der Waals surface area contributed by atoms with Crippen molar-refractivity contribution in [1.82, 2.24) is 10.0 Å². The summed E-state index contributed by atoms with van der Waals surface area (Å²) in [6.07, 6.45) is 4.78. The lowest BCUT2D eigenvalue weighted by atomic mass is 10.1. The smallest absolute Gasteiger partial charge is 0.413 e. The molecule has 0 aromatic heterocycles. The molecule has 9 nitrogen and oxygen atoms in total. The molecule has 2 aromatic rings. The Morgan fingerprint density at radius 1 is 0.812 bits per heavy atom. The van der Waals surface area contributed by atoms with Gasteiger partial charge in [-0.15, -0.1) is 0 Å². The third-order valence-electron chi connectivity index (χ3n) is 4.55. The van der Waals surface area contributed by atoms with E-state index in [4.69, 9.17) is 14.5 Å². The van der Waals surface area contributed by atoms with Crippen molar-refractivity contribution in [2.24, 2.45) is 0 Å². The van der Waals surface area contributed by atoms with E-state index in [1.165, 1.54) is 12.1 Å². The van der Waals surface area contributed by atoms with E-state index in [-0.39, 0.29) is 11.4 Å². The van der Waals surface area contributed by atoms with E-state index in [1.54, 1.807) is 12.1 Å². The lowest BCUT2D eigenvalue weighted by molar-refractivity contribution is 0.248. The van der Waals surface area contributed by atoms with Crippen LogP contribution in [-0.2, 0) is 14.6 Å². The van der Waals surface area contributed by atoms with Gasteiger partial charge in [0.2, 0.25) is 10.0 Å². The Kier molecular flexibility index (Phi) is 10.3. The Bertz CT molecular complexity index is 993. The van der Waals surface area contributed by atoms with E-state index in [0.29, 0.717) is 30.9 Å². The first-order chi connectivity index (χ1) is 15.2. The highest BCUT2D eigenvalue weighted by Crippen LogP contribution is 2.34. The molecule has 0 bridgehead atoms. The maximum atomic E-state index is 12.4. The third kappa shape index (κ3) is 9.50. The largest absolute Gasteiger partial charge is 0.457 e. The Hall–Kier alpha value is -2.23. The molecule has 0 unspecified atom stereocenters. The highest BCUT2D eigenvalue weighted by atomic mass is 32.2. The Balaban J connectivity index is 1.59. The second kappa shape index (κ2) is 12.7. The average molecular weight is 485 g/mol. The molecule has 0 spiro atoms. The zero-order valence-corrected chi connectivity index (χ0v) is 19.4. The maximum absolute atomic E-state index is 12.4. The molecule has 0 atom stereocenters. The van der Waals surface area contributed by atoms with Gasteiger partial charge in [0.1, 0.15) is 11.5 Å². The first-order valence-electron chi connectivity index (χ1n) is 10.3. The number of rotatable bonds is 14. The van der Waals surface area contributed by atoms with Crippen molar-refractivity contribution in [3.8, 4) is 11.5 Å². The number of nitrogens with one attached hydrogen (secondary N) is 2. The van der Waals surface area contributed by atoms with E-state index in [0.717, 1.165) is 25.7 Å². The number of sulfonamides is 1. The molecule has 4 N–H and O–H groups in total. The summed E-state index contributed by atoms with van der Waals surface area (Å²) in [5, 5.41) is 2.19. The standard InChI is InChI=1S/C21H29N2O7PS/c24-21(31(25,26)27)22-16-8-3-1-2-4-9-17-23-32(28,29)20-14-12-19(13-15-20)30-18-10-6-5-7-11-18/h5-7,10-15,23H,1-4,8-9,16-17H2,(H,22,24)(H2,25,26,27). The van der Waals surface area contributed by atoms with E-state index < -0.39 is 23.3 Å². The van der Waals surface area contributed by atoms with Crippen LogP contribution in [0.5, 0.6) is 11.5 Å². The van der Waals surface area contributed by atoms with Crippen molar-refractivity contribution < 1.29 is 32.3 Å². The number of unbranched alkanes of at least 4 members (excludes halogenated alkanes) is 5. The van der Waals surface area contributed by atoms with Gasteiger partial charge in [0.05, 0.1) is 4.90 Å². The van der Waals surface area contributed by atoms with Gasteiger partial charge in [-0.3, -0.25) is 4.79 Å². The summed E-state index contributed by atoms with van der Waals surface area (Å²) < 4.78 is 43.7. The predicted octanol–water partition coefficient (Wildman–Crippen LogP) is 3.99. The summed E-state index contributed by atoms with van der Waals surface area (Å²) in [6.45, 7) is 0.557. The summed E-state index contributed by atoms with van der Waals surface area (Å²) in [5.41, 5.74) is -1.25. The van der Waals surface area contributed by atoms with E-state index in [2.05, 4.69) is 10.0 Å². The summed E-state index contributed by atoms with van der Waals surface area (Å²) in [7, 11) is -8.28. The fraction of sp³-hybridized carbons (Fsp3) is 0.381. The number of para-hydroxylation sites is 1. The van der Waals surface area contributed by atoms with E-state index in [9.17, 15) is 17.8 Å². The summed E-state index contributed by atoms with van der Waals surface area (Å²) >= 11 is 0. The lowest BCUT2D eigenvalue weighted by Gasteiger charge is -2.09. The van der Waals surface area contributed by atoms with Crippen LogP contribution in [0.25, 0.3) is 0 Å². The van der Waals surface area contributed by atoms with Crippen molar-refractivity contribution in [2.45, 2.75) is 43.4 Å². The molecule has 0 aliphatic heterocycles. The first kappa shape index (κ1) is 26.0. The molecule has 176 valence electrons. The fourth-order valence-electron chi connectivity index (χ4n) is 2.86.